The fourth-order valence-electron chi connectivity index (χ4n) is 5.45. The van der Waals surface area contributed by atoms with Crippen LogP contribution in [0, 0.1) is 11.3 Å². The first kappa shape index (κ1) is 22.8. The normalized spacial score (nSPS) is 35.0. The van der Waals surface area contributed by atoms with E-state index in [0.717, 1.165) is 0 Å². The van der Waals surface area contributed by atoms with Gasteiger partial charge in [0.2, 0.25) is 0 Å². The van der Waals surface area contributed by atoms with E-state index >= 15 is 0 Å². The first-order valence-corrected chi connectivity index (χ1v) is 10.3. The number of aliphatic carboxylic acids is 1. The minimum absolute atomic E-state index is 0.138. The summed E-state index contributed by atoms with van der Waals surface area (Å²) in [5, 5.41) is 9.06. The number of esters is 3. The van der Waals surface area contributed by atoms with Crippen molar-refractivity contribution in [3.05, 3.63) is 35.5 Å². The van der Waals surface area contributed by atoms with Crippen LogP contribution in [0.2, 0.25) is 0 Å². The number of carbonyl (C=O) groups is 4. The Hall–Kier alpha value is -2.90. The van der Waals surface area contributed by atoms with E-state index in [1.54, 1.807) is 25.2 Å². The molecule has 3 rings (SSSR count). The maximum Gasteiger partial charge on any atom is 0.333 e. The second-order valence-corrected chi connectivity index (χ2v) is 8.67. The van der Waals surface area contributed by atoms with E-state index in [9.17, 15) is 19.2 Å². The third kappa shape index (κ3) is 3.58. The van der Waals surface area contributed by atoms with Crippen LogP contribution in [0.25, 0.3) is 0 Å². The van der Waals surface area contributed by atoms with Gasteiger partial charge in [-0.05, 0) is 52.0 Å². The molecule has 3 aliphatic rings. The number of carboxylic acid groups (broad SMARTS) is 1. The lowest BCUT2D eigenvalue weighted by atomic mass is 9.62. The molecule has 0 spiro atoms. The molecular formula is C23H28O8. The Labute approximate surface area is 180 Å². The van der Waals surface area contributed by atoms with Crippen LogP contribution < -0.4 is 0 Å². The fraction of sp³-hybridized carbons (Fsp3) is 0.565. The van der Waals surface area contributed by atoms with Crippen LogP contribution in [0.5, 0.6) is 0 Å². The molecular weight excluding hydrogens is 404 g/mol. The number of methoxy groups -OCH3 is 1. The summed E-state index contributed by atoms with van der Waals surface area (Å²) in [6, 6.07) is 0. The standard InChI is InChI=1S/C23H28O8/c1-14(18(25)26)6-5-10-21(3)17-9-12-22(20(28)31-21)11-7-16(19(27)29-4)8-13-23(17,22)30-15(2)24/h5-7,10,17H,8-9,11-13H2,1-4H3,(H,25,26)/b10-5+,14-6-. The predicted molar refractivity (Wildman–Crippen MR) is 109 cm³/mol. The van der Waals surface area contributed by atoms with Crippen LogP contribution in [-0.4, -0.2) is 47.3 Å². The largest absolute Gasteiger partial charge is 0.478 e. The summed E-state index contributed by atoms with van der Waals surface area (Å²) in [5.74, 6) is -2.83. The second kappa shape index (κ2) is 7.98. The molecule has 4 unspecified atom stereocenters. The second-order valence-electron chi connectivity index (χ2n) is 8.67. The highest BCUT2D eigenvalue weighted by molar-refractivity contribution is 5.89. The highest BCUT2D eigenvalue weighted by Crippen LogP contribution is 2.65. The molecule has 1 saturated heterocycles. The molecule has 31 heavy (non-hydrogen) atoms. The van der Waals surface area contributed by atoms with Crippen LogP contribution in [0.4, 0.5) is 0 Å². The Balaban J connectivity index is 2.07. The van der Waals surface area contributed by atoms with Gasteiger partial charge in [0.1, 0.15) is 16.6 Å². The van der Waals surface area contributed by atoms with E-state index in [4.69, 9.17) is 19.3 Å². The molecule has 0 aromatic rings. The summed E-state index contributed by atoms with van der Waals surface area (Å²) >= 11 is 0. The molecule has 0 aromatic carbocycles. The van der Waals surface area contributed by atoms with E-state index < -0.39 is 40.5 Å². The topological polar surface area (TPSA) is 116 Å². The number of cyclic esters (lactones) is 1. The zero-order valence-corrected chi connectivity index (χ0v) is 18.2. The Bertz CT molecular complexity index is 913. The van der Waals surface area contributed by atoms with Crippen molar-refractivity contribution in [2.75, 3.05) is 7.11 Å². The van der Waals surface area contributed by atoms with Crippen molar-refractivity contribution in [3.63, 3.8) is 0 Å². The number of carboxylic acids is 1. The van der Waals surface area contributed by atoms with Crippen molar-refractivity contribution in [3.8, 4) is 0 Å². The molecule has 2 fully saturated rings. The van der Waals surface area contributed by atoms with Gasteiger partial charge in [0.05, 0.1) is 7.11 Å². The molecule has 8 nitrogen and oxygen atoms in total. The van der Waals surface area contributed by atoms with E-state index in [0.29, 0.717) is 31.3 Å². The van der Waals surface area contributed by atoms with E-state index in [2.05, 4.69) is 0 Å². The zero-order valence-electron chi connectivity index (χ0n) is 18.2. The Morgan fingerprint density at radius 2 is 1.97 bits per heavy atom. The number of rotatable bonds is 5. The quantitative estimate of drug-likeness (QED) is 0.305. The molecule has 0 aromatic heterocycles. The molecule has 0 radical (unpaired) electrons. The van der Waals surface area contributed by atoms with Crippen LogP contribution in [-0.2, 0) is 33.4 Å². The zero-order chi connectivity index (χ0) is 23.0. The molecule has 1 heterocycles. The van der Waals surface area contributed by atoms with Crippen molar-refractivity contribution < 1.29 is 38.5 Å². The number of ether oxygens (including phenoxy) is 3. The van der Waals surface area contributed by atoms with Gasteiger partial charge in [0.25, 0.3) is 0 Å². The lowest BCUT2D eigenvalue weighted by Gasteiger charge is -2.54. The monoisotopic (exact) mass is 432 g/mol. The first-order valence-electron chi connectivity index (χ1n) is 10.3. The van der Waals surface area contributed by atoms with Gasteiger partial charge in [-0.25, -0.2) is 9.59 Å². The van der Waals surface area contributed by atoms with Gasteiger partial charge in [-0.3, -0.25) is 9.59 Å². The van der Waals surface area contributed by atoms with Crippen molar-refractivity contribution in [2.45, 2.75) is 64.1 Å². The number of hydrogen-bond donors (Lipinski definition) is 1. The third-order valence-corrected chi connectivity index (χ3v) is 6.97. The van der Waals surface area contributed by atoms with E-state index in [1.165, 1.54) is 27.0 Å². The molecule has 1 saturated carbocycles. The Morgan fingerprint density at radius 3 is 2.58 bits per heavy atom. The van der Waals surface area contributed by atoms with Gasteiger partial charge >= 0.3 is 23.9 Å². The van der Waals surface area contributed by atoms with Gasteiger partial charge in [-0.2, -0.15) is 0 Å². The summed E-state index contributed by atoms with van der Waals surface area (Å²) in [6.07, 6.45) is 8.21. The van der Waals surface area contributed by atoms with Gasteiger partial charge in [0, 0.05) is 24.0 Å². The lowest BCUT2D eigenvalue weighted by molar-refractivity contribution is -0.235. The minimum atomic E-state index is -1.13. The maximum atomic E-state index is 13.4. The molecule has 8 heteroatoms. The average Bonchev–Trinajstić information content (AvgIpc) is 2.84. The Morgan fingerprint density at radius 1 is 1.26 bits per heavy atom. The van der Waals surface area contributed by atoms with Crippen LogP contribution in [0.15, 0.2) is 35.5 Å². The number of allylic oxidation sites excluding steroid dienone is 3. The molecule has 168 valence electrons. The summed E-state index contributed by atoms with van der Waals surface area (Å²) in [7, 11) is 1.30. The highest BCUT2D eigenvalue weighted by atomic mass is 16.6. The van der Waals surface area contributed by atoms with Crippen molar-refractivity contribution >= 4 is 23.9 Å². The van der Waals surface area contributed by atoms with E-state index in [-0.39, 0.29) is 17.9 Å². The number of carbonyl (C=O) groups excluding carboxylic acids is 3. The first-order chi connectivity index (χ1) is 14.5. The van der Waals surface area contributed by atoms with Gasteiger partial charge in [-0.1, -0.05) is 18.2 Å². The van der Waals surface area contributed by atoms with Crippen LogP contribution in [0.3, 0.4) is 0 Å². The maximum absolute atomic E-state index is 13.4. The molecule has 1 N–H and O–H groups in total. The Kier molecular flexibility index (Phi) is 5.86. The molecule has 0 amide bonds. The highest BCUT2D eigenvalue weighted by Gasteiger charge is 2.74. The van der Waals surface area contributed by atoms with Crippen molar-refractivity contribution in [1.29, 1.82) is 0 Å². The summed E-state index contributed by atoms with van der Waals surface area (Å²) in [6.45, 7) is 4.53. The van der Waals surface area contributed by atoms with Crippen LogP contribution in [0.1, 0.15) is 52.9 Å². The average molecular weight is 432 g/mol. The number of hydrogen-bond acceptors (Lipinski definition) is 7. The minimum Gasteiger partial charge on any atom is -0.478 e. The van der Waals surface area contributed by atoms with Crippen molar-refractivity contribution in [1.82, 2.24) is 0 Å². The van der Waals surface area contributed by atoms with Gasteiger partial charge in [0.15, 0.2) is 0 Å². The molecule has 1 aliphatic heterocycles. The van der Waals surface area contributed by atoms with Gasteiger partial charge in [-0.15, -0.1) is 0 Å². The molecule has 2 aliphatic carbocycles. The SMILES string of the molecule is COC(=O)C1=CCC23CCC(C(C)(/C=C/C=C(/C)C(=O)O)OC2=O)C3(OC(C)=O)CC1. The van der Waals surface area contributed by atoms with Crippen LogP contribution >= 0.6 is 0 Å². The lowest BCUT2D eigenvalue weighted by Crippen LogP contribution is -2.65. The fourth-order valence-corrected chi connectivity index (χ4v) is 5.45. The summed E-state index contributed by atoms with van der Waals surface area (Å²) < 4.78 is 16.7. The van der Waals surface area contributed by atoms with Gasteiger partial charge < -0.3 is 19.3 Å². The summed E-state index contributed by atoms with van der Waals surface area (Å²) in [5.41, 5.74) is -2.71. The predicted octanol–water partition coefficient (Wildman–Crippen LogP) is 2.87. The molecule has 2 bridgehead atoms. The smallest absolute Gasteiger partial charge is 0.333 e. The molecule has 4 atom stereocenters. The van der Waals surface area contributed by atoms with E-state index in [1.807, 2.05) is 0 Å². The summed E-state index contributed by atoms with van der Waals surface area (Å²) in [4.78, 5) is 48.8. The van der Waals surface area contributed by atoms with Crippen molar-refractivity contribution in [2.24, 2.45) is 11.3 Å². The third-order valence-electron chi connectivity index (χ3n) is 6.97.